The highest BCUT2D eigenvalue weighted by Gasteiger charge is 2.28. The van der Waals surface area contributed by atoms with Crippen LogP contribution in [-0.2, 0) is 0 Å². The molecule has 98 valence electrons. The van der Waals surface area contributed by atoms with Crippen LogP contribution in [0.1, 0.15) is 19.8 Å². The second-order valence-corrected chi connectivity index (χ2v) is 5.37. The highest BCUT2D eigenvalue weighted by atomic mass is 16.2. The Labute approximate surface area is 104 Å². The SMILES string of the molecule is CNC1(C)CCN(CCN2CCNC2=O)CC1. The van der Waals surface area contributed by atoms with Gasteiger partial charge in [-0.2, -0.15) is 0 Å². The van der Waals surface area contributed by atoms with Crippen LogP contribution in [0.25, 0.3) is 0 Å². The fraction of sp³-hybridized carbons (Fsp3) is 0.917. The lowest BCUT2D eigenvalue weighted by Crippen LogP contribution is -2.51. The van der Waals surface area contributed by atoms with Crippen molar-refractivity contribution in [3.8, 4) is 0 Å². The van der Waals surface area contributed by atoms with Crippen LogP contribution in [0.4, 0.5) is 4.79 Å². The third-order valence-corrected chi connectivity index (χ3v) is 4.19. The van der Waals surface area contributed by atoms with E-state index in [-0.39, 0.29) is 6.03 Å². The summed E-state index contributed by atoms with van der Waals surface area (Å²) in [7, 11) is 2.05. The predicted octanol–water partition coefficient (Wildman–Crippen LogP) is 0.0855. The van der Waals surface area contributed by atoms with E-state index < -0.39 is 0 Å². The van der Waals surface area contributed by atoms with E-state index in [9.17, 15) is 4.79 Å². The lowest BCUT2D eigenvalue weighted by molar-refractivity contribution is 0.141. The van der Waals surface area contributed by atoms with Crippen molar-refractivity contribution in [3.05, 3.63) is 0 Å². The molecule has 0 atom stereocenters. The Hall–Kier alpha value is -0.810. The zero-order valence-electron chi connectivity index (χ0n) is 11.0. The van der Waals surface area contributed by atoms with Crippen molar-refractivity contribution >= 4 is 6.03 Å². The Kier molecular flexibility index (Phi) is 3.89. The van der Waals surface area contributed by atoms with E-state index in [2.05, 4.69) is 22.5 Å². The molecule has 5 nitrogen and oxygen atoms in total. The number of nitrogens with one attached hydrogen (secondary N) is 2. The first-order chi connectivity index (χ1) is 8.13. The maximum atomic E-state index is 11.4. The van der Waals surface area contributed by atoms with E-state index in [0.29, 0.717) is 5.54 Å². The Bertz CT molecular complexity index is 274. The Morgan fingerprint density at radius 1 is 1.29 bits per heavy atom. The van der Waals surface area contributed by atoms with Gasteiger partial charge in [0.25, 0.3) is 0 Å². The van der Waals surface area contributed by atoms with E-state index in [1.165, 1.54) is 12.8 Å². The number of rotatable bonds is 4. The third-order valence-electron chi connectivity index (χ3n) is 4.19. The van der Waals surface area contributed by atoms with Gasteiger partial charge in [-0.25, -0.2) is 4.79 Å². The molecule has 2 N–H and O–H groups in total. The molecule has 2 fully saturated rings. The molecule has 0 aromatic rings. The quantitative estimate of drug-likeness (QED) is 0.732. The van der Waals surface area contributed by atoms with Crippen molar-refractivity contribution in [1.82, 2.24) is 20.4 Å². The molecule has 0 radical (unpaired) electrons. The molecule has 0 unspecified atom stereocenters. The summed E-state index contributed by atoms with van der Waals surface area (Å²) in [6.07, 6.45) is 2.38. The van der Waals surface area contributed by atoms with Gasteiger partial charge < -0.3 is 20.4 Å². The van der Waals surface area contributed by atoms with E-state index in [0.717, 1.165) is 39.3 Å². The smallest absolute Gasteiger partial charge is 0.317 e. The molecular formula is C12H24N4O. The van der Waals surface area contributed by atoms with Crippen LogP contribution in [0.5, 0.6) is 0 Å². The zero-order valence-corrected chi connectivity index (χ0v) is 11.0. The van der Waals surface area contributed by atoms with Crippen LogP contribution >= 0.6 is 0 Å². The first kappa shape index (κ1) is 12.6. The summed E-state index contributed by atoms with van der Waals surface area (Å²) in [6, 6.07) is 0.0991. The van der Waals surface area contributed by atoms with Crippen molar-refractivity contribution in [2.75, 3.05) is 46.3 Å². The Morgan fingerprint density at radius 2 is 2.00 bits per heavy atom. The minimum Gasteiger partial charge on any atom is -0.336 e. The minimum atomic E-state index is 0.0991. The van der Waals surface area contributed by atoms with Crippen molar-refractivity contribution in [1.29, 1.82) is 0 Å². The molecule has 2 aliphatic rings. The number of hydrogen-bond donors (Lipinski definition) is 2. The first-order valence-electron chi connectivity index (χ1n) is 6.57. The Balaban J connectivity index is 1.70. The molecule has 2 rings (SSSR count). The summed E-state index contributed by atoms with van der Waals surface area (Å²) < 4.78 is 0. The van der Waals surface area contributed by atoms with Gasteiger partial charge in [-0.3, -0.25) is 0 Å². The number of nitrogens with zero attached hydrogens (tertiary/aromatic N) is 2. The zero-order chi connectivity index (χ0) is 12.3. The van der Waals surface area contributed by atoms with E-state index in [1.807, 2.05) is 11.9 Å². The van der Waals surface area contributed by atoms with Gasteiger partial charge in [0.05, 0.1) is 0 Å². The highest BCUT2D eigenvalue weighted by Crippen LogP contribution is 2.20. The number of piperidine rings is 1. The van der Waals surface area contributed by atoms with Gasteiger partial charge in [-0.1, -0.05) is 0 Å². The van der Waals surface area contributed by atoms with Gasteiger partial charge in [0.1, 0.15) is 0 Å². The lowest BCUT2D eigenvalue weighted by Gasteiger charge is -2.39. The maximum Gasteiger partial charge on any atom is 0.317 e. The summed E-state index contributed by atoms with van der Waals surface area (Å²) >= 11 is 0. The molecule has 2 heterocycles. The summed E-state index contributed by atoms with van der Waals surface area (Å²) in [6.45, 7) is 8.09. The summed E-state index contributed by atoms with van der Waals surface area (Å²) in [5, 5.41) is 6.24. The van der Waals surface area contributed by atoms with Crippen LogP contribution < -0.4 is 10.6 Å². The minimum absolute atomic E-state index is 0.0991. The number of carbonyl (C=O) groups excluding carboxylic acids is 1. The average molecular weight is 240 g/mol. The number of carbonyl (C=O) groups is 1. The predicted molar refractivity (Wildman–Crippen MR) is 68.1 cm³/mol. The van der Waals surface area contributed by atoms with Crippen LogP contribution in [0.15, 0.2) is 0 Å². The highest BCUT2D eigenvalue weighted by molar-refractivity contribution is 5.76. The molecule has 0 bridgehead atoms. The Morgan fingerprint density at radius 3 is 2.53 bits per heavy atom. The van der Waals surface area contributed by atoms with Gasteiger partial charge in [0.15, 0.2) is 0 Å². The summed E-state index contributed by atoms with van der Waals surface area (Å²) in [4.78, 5) is 15.8. The van der Waals surface area contributed by atoms with Gasteiger partial charge in [-0.05, 0) is 39.9 Å². The monoisotopic (exact) mass is 240 g/mol. The van der Waals surface area contributed by atoms with Gasteiger partial charge in [-0.15, -0.1) is 0 Å². The lowest BCUT2D eigenvalue weighted by atomic mass is 9.90. The molecule has 2 amide bonds. The molecule has 0 saturated carbocycles. The van der Waals surface area contributed by atoms with Gasteiger partial charge >= 0.3 is 6.03 Å². The molecule has 0 aliphatic carbocycles. The molecule has 0 aromatic heterocycles. The number of likely N-dealkylation sites (tertiary alicyclic amines) is 1. The number of amides is 2. The van der Waals surface area contributed by atoms with Crippen molar-refractivity contribution < 1.29 is 4.79 Å². The molecule has 0 aromatic carbocycles. The van der Waals surface area contributed by atoms with E-state index in [4.69, 9.17) is 0 Å². The van der Waals surface area contributed by atoms with Crippen LogP contribution in [-0.4, -0.2) is 67.7 Å². The third kappa shape index (κ3) is 3.10. The van der Waals surface area contributed by atoms with Gasteiger partial charge in [0, 0.05) is 31.7 Å². The van der Waals surface area contributed by atoms with Crippen LogP contribution in [0, 0.1) is 0 Å². The average Bonchev–Trinajstić information content (AvgIpc) is 2.74. The largest absolute Gasteiger partial charge is 0.336 e. The molecule has 2 saturated heterocycles. The molecule has 5 heteroatoms. The molecular weight excluding hydrogens is 216 g/mol. The summed E-state index contributed by atoms with van der Waals surface area (Å²) in [5.41, 5.74) is 0.307. The topological polar surface area (TPSA) is 47.6 Å². The van der Waals surface area contributed by atoms with Gasteiger partial charge in [0.2, 0.25) is 0 Å². The van der Waals surface area contributed by atoms with Crippen molar-refractivity contribution in [3.63, 3.8) is 0 Å². The molecule has 2 aliphatic heterocycles. The first-order valence-corrected chi connectivity index (χ1v) is 6.57. The van der Waals surface area contributed by atoms with Crippen molar-refractivity contribution in [2.45, 2.75) is 25.3 Å². The maximum absolute atomic E-state index is 11.4. The second-order valence-electron chi connectivity index (χ2n) is 5.37. The summed E-state index contributed by atoms with van der Waals surface area (Å²) in [5.74, 6) is 0. The van der Waals surface area contributed by atoms with E-state index >= 15 is 0 Å². The standard InChI is InChI=1S/C12H24N4O/c1-12(13-2)3-6-15(7-4-12)9-10-16-8-5-14-11(16)17/h13H,3-10H2,1-2H3,(H,14,17). The molecule has 17 heavy (non-hydrogen) atoms. The number of hydrogen-bond acceptors (Lipinski definition) is 3. The van der Waals surface area contributed by atoms with E-state index in [1.54, 1.807) is 0 Å². The fourth-order valence-corrected chi connectivity index (χ4v) is 2.51. The van der Waals surface area contributed by atoms with Crippen molar-refractivity contribution in [2.24, 2.45) is 0 Å². The number of urea groups is 1. The second kappa shape index (κ2) is 5.23. The van der Waals surface area contributed by atoms with Crippen LogP contribution in [0.2, 0.25) is 0 Å². The normalized spacial score (nSPS) is 25.1. The fourth-order valence-electron chi connectivity index (χ4n) is 2.51. The molecule has 0 spiro atoms. The van der Waals surface area contributed by atoms with Crippen LogP contribution in [0.3, 0.4) is 0 Å².